The van der Waals surface area contributed by atoms with Crippen LogP contribution >= 0.6 is 23.2 Å². The minimum absolute atomic E-state index is 0.163. The Hall–Kier alpha value is -1.56. The number of benzene rings is 2. The van der Waals surface area contributed by atoms with Crippen molar-refractivity contribution in [2.45, 2.75) is 25.6 Å². The summed E-state index contributed by atoms with van der Waals surface area (Å²) in [4.78, 5) is 14.1. The highest BCUT2D eigenvalue weighted by molar-refractivity contribution is 7.91. The number of anilines is 1. The molecule has 0 aliphatic carbocycles. The normalized spacial score (nSPS) is 11.6. The Bertz CT molecular complexity index is 852. The van der Waals surface area contributed by atoms with Crippen LogP contribution in [0.1, 0.15) is 19.4 Å². The molecule has 0 N–H and O–H groups in total. The maximum Gasteiger partial charge on any atom is 0.242 e. The minimum atomic E-state index is -3.67. The van der Waals surface area contributed by atoms with Crippen LogP contribution in [0.25, 0.3) is 0 Å². The summed E-state index contributed by atoms with van der Waals surface area (Å²) in [7, 11) is -3.67. The van der Waals surface area contributed by atoms with Gasteiger partial charge < -0.3 is 4.90 Å². The number of hydrogen-bond donors (Lipinski definition) is 0. The molecule has 0 atom stereocenters. The summed E-state index contributed by atoms with van der Waals surface area (Å²) in [5.74, 6) is -1.36. The van der Waals surface area contributed by atoms with E-state index in [1.165, 1.54) is 11.0 Å². The first-order chi connectivity index (χ1) is 11.7. The molecular weight excluding hydrogens is 381 g/mol. The summed E-state index contributed by atoms with van der Waals surface area (Å²) in [5, 5.41) is 0.699. The predicted octanol–water partition coefficient (Wildman–Crippen LogP) is 4.35. The van der Waals surface area contributed by atoms with Crippen molar-refractivity contribution < 1.29 is 13.2 Å². The molecule has 134 valence electrons. The molecule has 2 rings (SSSR count). The molecule has 0 spiro atoms. The van der Waals surface area contributed by atoms with Gasteiger partial charge in [0.15, 0.2) is 9.84 Å². The van der Waals surface area contributed by atoms with Gasteiger partial charge in [-0.1, -0.05) is 47.5 Å². The number of hydrogen-bond acceptors (Lipinski definition) is 3. The van der Waals surface area contributed by atoms with Crippen LogP contribution in [0.5, 0.6) is 0 Å². The highest BCUT2D eigenvalue weighted by Crippen LogP contribution is 2.23. The van der Waals surface area contributed by atoms with Gasteiger partial charge in [0.05, 0.1) is 5.75 Å². The number of para-hydroxylation sites is 1. The lowest BCUT2D eigenvalue weighted by Gasteiger charge is -2.26. The average Bonchev–Trinajstić information content (AvgIpc) is 2.50. The summed E-state index contributed by atoms with van der Waals surface area (Å²) in [6.45, 7) is 3.68. The molecule has 0 aliphatic rings. The van der Waals surface area contributed by atoms with E-state index in [4.69, 9.17) is 23.2 Å². The average molecular weight is 400 g/mol. The van der Waals surface area contributed by atoms with Crippen molar-refractivity contribution in [3.8, 4) is 0 Å². The van der Waals surface area contributed by atoms with Gasteiger partial charge in [-0.25, -0.2) is 8.42 Å². The molecule has 0 aliphatic heterocycles. The second-order valence-electron chi connectivity index (χ2n) is 5.96. The van der Waals surface area contributed by atoms with E-state index in [-0.39, 0.29) is 16.8 Å². The van der Waals surface area contributed by atoms with E-state index in [1.54, 1.807) is 36.4 Å². The second-order valence-corrected chi connectivity index (χ2v) is 8.87. The van der Waals surface area contributed by atoms with Crippen LogP contribution in [-0.4, -0.2) is 26.1 Å². The number of nitrogens with zero attached hydrogens (tertiary/aromatic N) is 1. The molecule has 0 radical (unpaired) electrons. The van der Waals surface area contributed by atoms with E-state index in [0.717, 1.165) is 0 Å². The highest BCUT2D eigenvalue weighted by Gasteiger charge is 2.25. The van der Waals surface area contributed by atoms with Gasteiger partial charge >= 0.3 is 0 Å². The number of carbonyl (C=O) groups excluding carboxylic acids is 1. The largest absolute Gasteiger partial charge is 0.309 e. The summed E-state index contributed by atoms with van der Waals surface area (Å²) in [6, 6.07) is 13.5. The van der Waals surface area contributed by atoms with Gasteiger partial charge in [0.25, 0.3) is 0 Å². The first kappa shape index (κ1) is 19.8. The fourth-order valence-corrected chi connectivity index (χ4v) is 4.40. The quantitative estimate of drug-likeness (QED) is 0.725. The summed E-state index contributed by atoms with van der Waals surface area (Å²) < 4.78 is 24.9. The zero-order valence-electron chi connectivity index (χ0n) is 13.9. The van der Waals surface area contributed by atoms with Crippen molar-refractivity contribution in [3.05, 3.63) is 64.1 Å². The third kappa shape index (κ3) is 5.46. The molecule has 2 aromatic rings. The topological polar surface area (TPSA) is 54.5 Å². The summed E-state index contributed by atoms with van der Waals surface area (Å²) in [5.41, 5.74) is 1.09. The second kappa shape index (κ2) is 8.21. The number of halogens is 2. The Morgan fingerprint density at radius 1 is 1.08 bits per heavy atom. The van der Waals surface area contributed by atoms with Crippen molar-refractivity contribution in [1.82, 2.24) is 0 Å². The zero-order valence-corrected chi connectivity index (χ0v) is 16.3. The van der Waals surface area contributed by atoms with Crippen LogP contribution < -0.4 is 4.90 Å². The summed E-state index contributed by atoms with van der Waals surface area (Å²) >= 11 is 11.9. The Morgan fingerprint density at radius 3 is 2.28 bits per heavy atom. The lowest BCUT2D eigenvalue weighted by molar-refractivity contribution is -0.116. The van der Waals surface area contributed by atoms with Gasteiger partial charge in [-0.3, -0.25) is 4.79 Å². The molecule has 0 heterocycles. The van der Waals surface area contributed by atoms with Crippen molar-refractivity contribution in [3.63, 3.8) is 0 Å². The molecule has 0 bridgehead atoms. The van der Waals surface area contributed by atoms with E-state index in [0.29, 0.717) is 16.3 Å². The molecule has 0 unspecified atom stereocenters. The van der Waals surface area contributed by atoms with E-state index >= 15 is 0 Å². The SMILES string of the molecule is CC(C)N(C(=O)CS(=O)(=O)Cc1ccc(Cl)cc1Cl)c1ccccc1. The molecule has 0 fully saturated rings. The van der Waals surface area contributed by atoms with E-state index < -0.39 is 21.5 Å². The van der Waals surface area contributed by atoms with E-state index in [1.807, 2.05) is 19.9 Å². The van der Waals surface area contributed by atoms with Crippen molar-refractivity contribution >= 4 is 44.6 Å². The summed E-state index contributed by atoms with van der Waals surface area (Å²) in [6.07, 6.45) is 0. The van der Waals surface area contributed by atoms with Crippen molar-refractivity contribution in [2.75, 3.05) is 10.7 Å². The molecule has 0 aromatic heterocycles. The fraction of sp³-hybridized carbons (Fsp3) is 0.278. The number of rotatable bonds is 6. The highest BCUT2D eigenvalue weighted by atomic mass is 35.5. The predicted molar refractivity (Wildman–Crippen MR) is 103 cm³/mol. The molecule has 0 saturated carbocycles. The lowest BCUT2D eigenvalue weighted by atomic mass is 10.2. The Balaban J connectivity index is 2.19. The Kier molecular flexibility index (Phi) is 6.49. The van der Waals surface area contributed by atoms with Crippen LogP contribution in [0.15, 0.2) is 48.5 Å². The Morgan fingerprint density at radius 2 is 1.72 bits per heavy atom. The van der Waals surface area contributed by atoms with Crippen molar-refractivity contribution in [1.29, 1.82) is 0 Å². The standard InChI is InChI=1S/C18H19Cl2NO3S/c1-13(2)21(16-6-4-3-5-7-16)18(22)12-25(23,24)11-14-8-9-15(19)10-17(14)20/h3-10,13H,11-12H2,1-2H3. The monoisotopic (exact) mass is 399 g/mol. The van der Waals surface area contributed by atoms with Gasteiger partial charge in [0, 0.05) is 21.8 Å². The molecule has 2 aromatic carbocycles. The number of sulfone groups is 1. The fourth-order valence-electron chi connectivity index (χ4n) is 2.50. The maximum absolute atomic E-state index is 12.6. The van der Waals surface area contributed by atoms with Gasteiger partial charge in [0.2, 0.25) is 5.91 Å². The first-order valence-corrected chi connectivity index (χ1v) is 10.3. The van der Waals surface area contributed by atoms with Gasteiger partial charge in [0.1, 0.15) is 5.75 Å². The van der Waals surface area contributed by atoms with Crippen LogP contribution in [0.4, 0.5) is 5.69 Å². The van der Waals surface area contributed by atoms with Crippen molar-refractivity contribution in [2.24, 2.45) is 0 Å². The van der Waals surface area contributed by atoms with Crippen LogP contribution in [0, 0.1) is 0 Å². The van der Waals surface area contributed by atoms with Gasteiger partial charge in [-0.2, -0.15) is 0 Å². The van der Waals surface area contributed by atoms with E-state index in [2.05, 4.69) is 0 Å². The number of carbonyl (C=O) groups is 1. The minimum Gasteiger partial charge on any atom is -0.309 e. The molecule has 1 amide bonds. The first-order valence-electron chi connectivity index (χ1n) is 7.71. The van der Waals surface area contributed by atoms with E-state index in [9.17, 15) is 13.2 Å². The molecule has 25 heavy (non-hydrogen) atoms. The van der Waals surface area contributed by atoms with Crippen LogP contribution in [0.2, 0.25) is 10.0 Å². The maximum atomic E-state index is 12.6. The molecule has 0 saturated heterocycles. The van der Waals surface area contributed by atoms with Gasteiger partial charge in [-0.05, 0) is 43.7 Å². The van der Waals surface area contributed by atoms with Crippen LogP contribution in [-0.2, 0) is 20.4 Å². The van der Waals surface area contributed by atoms with Crippen LogP contribution in [0.3, 0.4) is 0 Å². The third-order valence-corrected chi connectivity index (χ3v) is 5.58. The van der Waals surface area contributed by atoms with Gasteiger partial charge in [-0.15, -0.1) is 0 Å². The Labute approximate surface area is 158 Å². The molecular formula is C18H19Cl2NO3S. The lowest BCUT2D eigenvalue weighted by Crippen LogP contribution is -2.40. The number of amides is 1. The smallest absolute Gasteiger partial charge is 0.242 e. The third-order valence-electron chi connectivity index (χ3n) is 3.55. The molecule has 7 heteroatoms. The zero-order chi connectivity index (χ0) is 18.6. The molecule has 4 nitrogen and oxygen atoms in total.